The summed E-state index contributed by atoms with van der Waals surface area (Å²) in [5, 5.41) is 7.55. The van der Waals surface area contributed by atoms with Crippen molar-refractivity contribution in [2.45, 2.75) is 26.9 Å². The third-order valence-electron chi connectivity index (χ3n) is 3.81. The van der Waals surface area contributed by atoms with E-state index in [2.05, 4.69) is 22.2 Å². The minimum atomic E-state index is 0. The molecule has 1 N–H and O–H groups in total. The zero-order valence-corrected chi connectivity index (χ0v) is 19.1. The van der Waals surface area contributed by atoms with Gasteiger partial charge in [0.25, 0.3) is 0 Å². The lowest BCUT2D eigenvalue weighted by molar-refractivity contribution is 0.310. The monoisotopic (exact) mass is 487 g/mol. The molecule has 1 heterocycles. The third-order valence-corrected chi connectivity index (χ3v) is 3.81. The predicted molar refractivity (Wildman–Crippen MR) is 119 cm³/mol. The van der Waals surface area contributed by atoms with E-state index in [1.54, 1.807) is 11.8 Å². The van der Waals surface area contributed by atoms with Crippen LogP contribution >= 0.6 is 24.0 Å². The van der Waals surface area contributed by atoms with E-state index < -0.39 is 0 Å². The molecule has 1 aromatic heterocycles. The maximum Gasteiger partial charge on any atom is 0.194 e. The van der Waals surface area contributed by atoms with Gasteiger partial charge >= 0.3 is 0 Å². The molecule has 0 atom stereocenters. The van der Waals surface area contributed by atoms with Gasteiger partial charge in [-0.1, -0.05) is 6.07 Å². The van der Waals surface area contributed by atoms with E-state index in [1.165, 1.54) is 0 Å². The number of guanidine groups is 1. The van der Waals surface area contributed by atoms with Gasteiger partial charge < -0.3 is 19.7 Å². The molecule has 0 saturated carbocycles. The van der Waals surface area contributed by atoms with Crippen LogP contribution in [0.15, 0.2) is 35.6 Å². The molecule has 2 aromatic rings. The second-order valence-electron chi connectivity index (χ2n) is 5.97. The smallest absolute Gasteiger partial charge is 0.194 e. The van der Waals surface area contributed by atoms with E-state index in [4.69, 9.17) is 14.5 Å². The van der Waals surface area contributed by atoms with E-state index in [-0.39, 0.29) is 24.0 Å². The molecule has 0 spiro atoms. The maximum absolute atomic E-state index is 5.64. The summed E-state index contributed by atoms with van der Waals surface area (Å²) in [5.74, 6) is 2.33. The van der Waals surface area contributed by atoms with E-state index in [0.29, 0.717) is 13.2 Å². The Kier molecular flexibility index (Phi) is 9.98. The zero-order chi connectivity index (χ0) is 18.9. The van der Waals surface area contributed by atoms with Gasteiger partial charge in [-0.25, -0.2) is 4.99 Å². The second-order valence-corrected chi connectivity index (χ2v) is 5.97. The van der Waals surface area contributed by atoms with Gasteiger partial charge in [-0.2, -0.15) is 5.10 Å². The van der Waals surface area contributed by atoms with Gasteiger partial charge in [-0.05, 0) is 31.5 Å². The molecule has 0 bridgehead atoms. The highest BCUT2D eigenvalue weighted by molar-refractivity contribution is 14.0. The van der Waals surface area contributed by atoms with Crippen LogP contribution in [0.1, 0.15) is 25.0 Å². The van der Waals surface area contributed by atoms with Crippen molar-refractivity contribution in [3.05, 3.63) is 41.7 Å². The number of nitrogens with one attached hydrogen (secondary N) is 1. The fraction of sp³-hybridized carbons (Fsp3) is 0.474. The first kappa shape index (κ1) is 23.1. The molecule has 150 valence electrons. The standard InChI is InChI=1S/C19H29N5O2.HI/c1-6-20-19(23(3)13-16-12-22-24(4)14-16)21-11-15-8-9-17(25-5)18(10-15)26-7-2;/h8-10,12,14H,6-7,11,13H2,1-5H3,(H,20,21);1H. The Hall–Kier alpha value is -1.97. The van der Waals surface area contributed by atoms with Crippen LogP contribution in [0.3, 0.4) is 0 Å². The quantitative estimate of drug-likeness (QED) is 0.353. The summed E-state index contributed by atoms with van der Waals surface area (Å²) in [4.78, 5) is 6.84. The first-order valence-electron chi connectivity index (χ1n) is 8.84. The molecule has 7 nitrogen and oxygen atoms in total. The predicted octanol–water partition coefficient (Wildman–Crippen LogP) is 3.04. The van der Waals surface area contributed by atoms with Crippen LogP contribution in [-0.2, 0) is 20.1 Å². The summed E-state index contributed by atoms with van der Waals surface area (Å²) >= 11 is 0. The van der Waals surface area contributed by atoms with Crippen LogP contribution < -0.4 is 14.8 Å². The average molecular weight is 487 g/mol. The molecule has 0 aliphatic carbocycles. The molecule has 1 aromatic carbocycles. The molecule has 0 fully saturated rings. The van der Waals surface area contributed by atoms with Crippen molar-refractivity contribution < 1.29 is 9.47 Å². The largest absolute Gasteiger partial charge is 0.493 e. The number of aromatic nitrogens is 2. The highest BCUT2D eigenvalue weighted by Crippen LogP contribution is 2.28. The van der Waals surface area contributed by atoms with Crippen molar-refractivity contribution in [2.75, 3.05) is 27.3 Å². The Morgan fingerprint density at radius 2 is 2.04 bits per heavy atom. The Labute approximate surface area is 178 Å². The van der Waals surface area contributed by atoms with Gasteiger partial charge in [0, 0.05) is 38.9 Å². The molecule has 2 rings (SSSR count). The molecule has 0 unspecified atom stereocenters. The van der Waals surface area contributed by atoms with E-state index in [9.17, 15) is 0 Å². The van der Waals surface area contributed by atoms with E-state index in [0.717, 1.165) is 41.7 Å². The van der Waals surface area contributed by atoms with Crippen LogP contribution in [0, 0.1) is 0 Å². The number of hydrogen-bond acceptors (Lipinski definition) is 4. The lowest BCUT2D eigenvalue weighted by Crippen LogP contribution is -2.38. The van der Waals surface area contributed by atoms with E-state index >= 15 is 0 Å². The van der Waals surface area contributed by atoms with Gasteiger partial charge in [0.1, 0.15) is 0 Å². The molecule has 0 radical (unpaired) electrons. The molecule has 0 saturated heterocycles. The molecule has 0 aliphatic heterocycles. The molecule has 0 amide bonds. The van der Waals surface area contributed by atoms with Crippen molar-refractivity contribution in [3.8, 4) is 11.5 Å². The highest BCUT2D eigenvalue weighted by atomic mass is 127. The Balaban J connectivity index is 0.00000364. The van der Waals surface area contributed by atoms with Gasteiger partial charge in [0.05, 0.1) is 26.5 Å². The zero-order valence-electron chi connectivity index (χ0n) is 16.7. The van der Waals surface area contributed by atoms with Crippen LogP contribution in [0.5, 0.6) is 11.5 Å². The third kappa shape index (κ3) is 6.93. The molecule has 27 heavy (non-hydrogen) atoms. The summed E-state index contributed by atoms with van der Waals surface area (Å²) in [7, 11) is 5.59. The molecule has 8 heteroatoms. The number of halogens is 1. The average Bonchev–Trinajstić information content (AvgIpc) is 3.03. The Morgan fingerprint density at radius 1 is 1.26 bits per heavy atom. The number of hydrogen-bond donors (Lipinski definition) is 1. The summed E-state index contributed by atoms with van der Waals surface area (Å²) < 4.78 is 12.8. The van der Waals surface area contributed by atoms with E-state index in [1.807, 2.05) is 51.6 Å². The summed E-state index contributed by atoms with van der Waals surface area (Å²) in [6, 6.07) is 5.91. The van der Waals surface area contributed by atoms with Gasteiger partial charge in [0.2, 0.25) is 0 Å². The van der Waals surface area contributed by atoms with Crippen molar-refractivity contribution in [1.29, 1.82) is 0 Å². The summed E-state index contributed by atoms with van der Waals surface area (Å²) in [5.41, 5.74) is 2.21. The fourth-order valence-corrected chi connectivity index (χ4v) is 2.63. The molecule has 0 aliphatic rings. The van der Waals surface area contributed by atoms with Crippen molar-refractivity contribution in [1.82, 2.24) is 20.0 Å². The van der Waals surface area contributed by atoms with Crippen molar-refractivity contribution >= 4 is 29.9 Å². The number of benzene rings is 1. The number of rotatable bonds is 8. The van der Waals surface area contributed by atoms with Crippen LogP contribution in [-0.4, -0.2) is 47.9 Å². The van der Waals surface area contributed by atoms with Gasteiger partial charge in [-0.3, -0.25) is 4.68 Å². The number of nitrogens with zero attached hydrogens (tertiary/aromatic N) is 4. The van der Waals surface area contributed by atoms with Crippen molar-refractivity contribution in [2.24, 2.45) is 12.0 Å². The molecular weight excluding hydrogens is 457 g/mol. The lowest BCUT2D eigenvalue weighted by Gasteiger charge is -2.21. The van der Waals surface area contributed by atoms with Crippen LogP contribution in [0.25, 0.3) is 0 Å². The van der Waals surface area contributed by atoms with Crippen LogP contribution in [0.2, 0.25) is 0 Å². The topological polar surface area (TPSA) is 63.9 Å². The highest BCUT2D eigenvalue weighted by Gasteiger charge is 2.09. The fourth-order valence-electron chi connectivity index (χ4n) is 2.63. The summed E-state index contributed by atoms with van der Waals surface area (Å²) in [6.45, 7) is 6.73. The number of aryl methyl sites for hydroxylation is 1. The van der Waals surface area contributed by atoms with Gasteiger partial charge in [-0.15, -0.1) is 24.0 Å². The maximum atomic E-state index is 5.64. The first-order chi connectivity index (χ1) is 12.6. The first-order valence-corrected chi connectivity index (χ1v) is 8.84. The minimum absolute atomic E-state index is 0. The number of methoxy groups -OCH3 is 1. The Morgan fingerprint density at radius 3 is 2.63 bits per heavy atom. The number of aliphatic imine (C=N–C) groups is 1. The molecular formula is C19H30IN5O2. The van der Waals surface area contributed by atoms with Crippen LogP contribution in [0.4, 0.5) is 0 Å². The van der Waals surface area contributed by atoms with Gasteiger partial charge in [0.15, 0.2) is 17.5 Å². The second kappa shape index (κ2) is 11.7. The van der Waals surface area contributed by atoms with Crippen molar-refractivity contribution in [3.63, 3.8) is 0 Å². The lowest BCUT2D eigenvalue weighted by atomic mass is 10.2. The summed E-state index contributed by atoms with van der Waals surface area (Å²) in [6.07, 6.45) is 3.88. The normalized spacial score (nSPS) is 10.9. The minimum Gasteiger partial charge on any atom is -0.493 e. The number of ether oxygens (including phenoxy) is 2. The SMILES string of the molecule is CCNC(=NCc1ccc(OC)c(OCC)c1)N(C)Cc1cnn(C)c1.I. The Bertz CT molecular complexity index is 733.